The molecule has 3 nitrogen and oxygen atoms in total. The van der Waals surface area contributed by atoms with Gasteiger partial charge in [-0.15, -0.1) is 4.99 Å². The molecule has 1 rings (SSSR count). The number of hydrogen-bond donors (Lipinski definition) is 2. The maximum Gasteiger partial charge on any atom is 0.0635 e. The van der Waals surface area contributed by atoms with Crippen LogP contribution in [0.1, 0.15) is 0 Å². The molecule has 10 heavy (non-hydrogen) atoms. The molecule has 1 aromatic rings. The molecule has 0 atom stereocenters. The normalized spacial score (nSPS) is 9.40. The first-order chi connectivity index (χ1) is 4.83. The van der Waals surface area contributed by atoms with Crippen LogP contribution < -0.4 is 5.48 Å². The lowest BCUT2D eigenvalue weighted by Crippen LogP contribution is -1.94. The minimum atomic E-state index is 0.642. The number of benzene rings is 1. The van der Waals surface area contributed by atoms with Crippen molar-refractivity contribution >= 4 is 17.3 Å². The predicted molar refractivity (Wildman–Crippen MR) is 38.8 cm³/mol. The highest BCUT2D eigenvalue weighted by Crippen LogP contribution is 2.12. The summed E-state index contributed by atoms with van der Waals surface area (Å²) in [6, 6.07) is 6.73. The van der Waals surface area contributed by atoms with Crippen molar-refractivity contribution in [2.75, 3.05) is 5.48 Å². The number of hydrogen-bond acceptors (Lipinski definition) is 3. The van der Waals surface area contributed by atoms with E-state index in [1.54, 1.807) is 24.3 Å². The van der Waals surface area contributed by atoms with Crippen LogP contribution >= 0.6 is 11.6 Å². The second-order valence-electron chi connectivity index (χ2n) is 1.70. The Balaban J connectivity index is 2.69. The summed E-state index contributed by atoms with van der Waals surface area (Å²) < 4.78 is 0. The van der Waals surface area contributed by atoms with Gasteiger partial charge in [0.1, 0.15) is 0 Å². The van der Waals surface area contributed by atoms with E-state index < -0.39 is 0 Å². The average molecular weight is 160 g/mol. The first kappa shape index (κ1) is 7.34. The lowest BCUT2D eigenvalue weighted by molar-refractivity contribution is -0.215. The van der Waals surface area contributed by atoms with E-state index in [9.17, 15) is 0 Å². The van der Waals surface area contributed by atoms with E-state index in [0.29, 0.717) is 10.7 Å². The van der Waals surface area contributed by atoms with Crippen LogP contribution in [0.3, 0.4) is 0 Å². The first-order valence-corrected chi connectivity index (χ1v) is 3.03. The molecule has 0 fully saturated rings. The zero-order valence-electron chi connectivity index (χ0n) is 5.04. The smallest absolute Gasteiger partial charge is 0.0635 e. The number of anilines is 1. The Bertz CT molecular complexity index is 199. The van der Waals surface area contributed by atoms with Crippen LogP contribution in [0.2, 0.25) is 5.02 Å². The van der Waals surface area contributed by atoms with Gasteiger partial charge in [0.2, 0.25) is 0 Å². The third kappa shape index (κ3) is 1.88. The SMILES string of the molecule is OONc1ccc(Cl)cc1. The number of nitrogens with one attached hydrogen (secondary N) is 1. The summed E-state index contributed by atoms with van der Waals surface area (Å²) in [6.45, 7) is 0. The molecule has 0 spiro atoms. The molecule has 0 heterocycles. The van der Waals surface area contributed by atoms with Gasteiger partial charge in [0.25, 0.3) is 0 Å². The van der Waals surface area contributed by atoms with Gasteiger partial charge in [-0.25, -0.2) is 10.7 Å². The highest BCUT2D eigenvalue weighted by Gasteiger charge is 1.88. The molecule has 0 radical (unpaired) electrons. The van der Waals surface area contributed by atoms with Crippen molar-refractivity contribution in [2.24, 2.45) is 0 Å². The third-order valence-electron chi connectivity index (χ3n) is 1.01. The first-order valence-electron chi connectivity index (χ1n) is 2.65. The van der Waals surface area contributed by atoms with Gasteiger partial charge in [-0.1, -0.05) is 11.6 Å². The fourth-order valence-electron chi connectivity index (χ4n) is 0.571. The summed E-state index contributed by atoms with van der Waals surface area (Å²) in [5.41, 5.74) is 2.88. The Morgan fingerprint density at radius 1 is 1.30 bits per heavy atom. The van der Waals surface area contributed by atoms with Crippen LogP contribution in [0.25, 0.3) is 0 Å². The van der Waals surface area contributed by atoms with E-state index >= 15 is 0 Å². The van der Waals surface area contributed by atoms with E-state index in [0.717, 1.165) is 0 Å². The van der Waals surface area contributed by atoms with Crippen molar-refractivity contribution in [3.8, 4) is 0 Å². The van der Waals surface area contributed by atoms with Gasteiger partial charge in [-0.05, 0) is 24.3 Å². The molecular formula is C6H6ClNO2. The zero-order valence-corrected chi connectivity index (χ0v) is 5.80. The van der Waals surface area contributed by atoms with Crippen LogP contribution in [-0.4, -0.2) is 5.26 Å². The fourth-order valence-corrected chi connectivity index (χ4v) is 0.697. The summed E-state index contributed by atoms with van der Waals surface area (Å²) in [5.74, 6) is 0. The third-order valence-corrected chi connectivity index (χ3v) is 1.26. The molecule has 0 aliphatic rings. The van der Waals surface area contributed by atoms with Crippen molar-refractivity contribution < 1.29 is 10.2 Å². The maximum atomic E-state index is 7.94. The largest absolute Gasteiger partial charge is 0.236 e. The van der Waals surface area contributed by atoms with Gasteiger partial charge >= 0.3 is 0 Å². The molecule has 0 amide bonds. The molecule has 0 unspecified atom stereocenters. The average Bonchev–Trinajstić information content (AvgIpc) is 1.95. The van der Waals surface area contributed by atoms with Crippen LogP contribution in [-0.2, 0) is 4.99 Å². The van der Waals surface area contributed by atoms with Crippen molar-refractivity contribution in [2.45, 2.75) is 0 Å². The second kappa shape index (κ2) is 3.41. The van der Waals surface area contributed by atoms with Crippen LogP contribution in [0.4, 0.5) is 5.69 Å². The summed E-state index contributed by atoms with van der Waals surface area (Å²) in [4.78, 5) is 3.67. The Labute approximate surface area is 63.1 Å². The molecule has 0 bridgehead atoms. The monoisotopic (exact) mass is 159 g/mol. The zero-order chi connectivity index (χ0) is 7.40. The Hall–Kier alpha value is -0.770. The van der Waals surface area contributed by atoms with Gasteiger partial charge in [0.05, 0.1) is 5.69 Å². The summed E-state index contributed by atoms with van der Waals surface area (Å²) in [5, 5.41) is 8.59. The standard InChI is InChI=1S/C6H6ClNO2/c7-5-1-3-6(4-2-5)8-10-9/h1-4,8-9H. The topological polar surface area (TPSA) is 41.5 Å². The minimum absolute atomic E-state index is 0.642. The predicted octanol–water partition coefficient (Wildman–Crippen LogP) is 2.16. The van der Waals surface area contributed by atoms with Crippen molar-refractivity contribution in [1.82, 2.24) is 0 Å². The summed E-state index contributed by atoms with van der Waals surface area (Å²) in [6.07, 6.45) is 0. The molecular weight excluding hydrogens is 154 g/mol. The molecule has 0 saturated heterocycles. The van der Waals surface area contributed by atoms with Crippen LogP contribution in [0, 0.1) is 0 Å². The van der Waals surface area contributed by atoms with E-state index in [-0.39, 0.29) is 0 Å². The van der Waals surface area contributed by atoms with E-state index in [4.69, 9.17) is 16.9 Å². The Morgan fingerprint density at radius 2 is 1.90 bits per heavy atom. The number of halogens is 1. The molecule has 0 saturated carbocycles. The fraction of sp³-hybridized carbons (Fsp3) is 0. The molecule has 0 aromatic heterocycles. The molecule has 4 heteroatoms. The quantitative estimate of drug-likeness (QED) is 0.513. The van der Waals surface area contributed by atoms with Gasteiger partial charge in [-0.2, -0.15) is 0 Å². The van der Waals surface area contributed by atoms with Crippen LogP contribution in [0.5, 0.6) is 0 Å². The molecule has 54 valence electrons. The van der Waals surface area contributed by atoms with Crippen molar-refractivity contribution in [1.29, 1.82) is 0 Å². The van der Waals surface area contributed by atoms with E-state index in [1.165, 1.54) is 0 Å². The molecule has 0 aliphatic heterocycles. The van der Waals surface area contributed by atoms with Gasteiger partial charge < -0.3 is 0 Å². The molecule has 1 aromatic carbocycles. The van der Waals surface area contributed by atoms with Crippen molar-refractivity contribution in [3.05, 3.63) is 29.3 Å². The summed E-state index contributed by atoms with van der Waals surface area (Å²) in [7, 11) is 0. The maximum absolute atomic E-state index is 7.94. The Kier molecular flexibility index (Phi) is 2.50. The minimum Gasteiger partial charge on any atom is -0.236 e. The number of rotatable bonds is 2. The lowest BCUT2D eigenvalue weighted by atomic mass is 10.3. The van der Waals surface area contributed by atoms with E-state index in [2.05, 4.69) is 10.5 Å². The summed E-state index contributed by atoms with van der Waals surface area (Å²) >= 11 is 5.58. The van der Waals surface area contributed by atoms with Crippen molar-refractivity contribution in [3.63, 3.8) is 0 Å². The van der Waals surface area contributed by atoms with Crippen LogP contribution in [0.15, 0.2) is 24.3 Å². The highest BCUT2D eigenvalue weighted by molar-refractivity contribution is 6.30. The van der Waals surface area contributed by atoms with Gasteiger partial charge in [0, 0.05) is 5.02 Å². The second-order valence-corrected chi connectivity index (χ2v) is 2.14. The van der Waals surface area contributed by atoms with Gasteiger partial charge in [0.15, 0.2) is 0 Å². The van der Waals surface area contributed by atoms with E-state index in [1.807, 2.05) is 0 Å². The molecule has 0 aliphatic carbocycles. The molecule has 2 N–H and O–H groups in total. The van der Waals surface area contributed by atoms with Gasteiger partial charge in [-0.3, -0.25) is 0 Å². The Morgan fingerprint density at radius 3 is 2.40 bits per heavy atom. The lowest BCUT2D eigenvalue weighted by Gasteiger charge is -1.98. The highest BCUT2D eigenvalue weighted by atomic mass is 35.5.